The standard InChI is InChI=1S/C18H20N4O2/c1-12-4-5-13(24-12)11-20-17-14-6-8-19-9-7-15(14)21-18(22-17)16-3-2-10-23-16/h2-5,10,19H,6-9,11H2,1H3,(H,20,21,22). The van der Waals surface area contributed by atoms with E-state index in [1.165, 1.54) is 5.56 Å². The second-order valence-corrected chi connectivity index (χ2v) is 5.91. The fourth-order valence-electron chi connectivity index (χ4n) is 2.96. The number of furan rings is 2. The quantitative estimate of drug-likeness (QED) is 0.768. The summed E-state index contributed by atoms with van der Waals surface area (Å²) in [6.45, 7) is 4.41. The lowest BCUT2D eigenvalue weighted by Gasteiger charge is -2.13. The van der Waals surface area contributed by atoms with Crippen LogP contribution in [0.15, 0.2) is 39.4 Å². The number of hydrogen-bond donors (Lipinski definition) is 2. The maximum absolute atomic E-state index is 5.64. The minimum absolute atomic E-state index is 0.600. The number of rotatable bonds is 4. The summed E-state index contributed by atoms with van der Waals surface area (Å²) in [7, 11) is 0. The molecule has 0 saturated carbocycles. The average Bonchev–Trinajstić information content (AvgIpc) is 3.20. The lowest BCUT2D eigenvalue weighted by molar-refractivity contribution is 0.490. The van der Waals surface area contributed by atoms with Gasteiger partial charge < -0.3 is 19.5 Å². The summed E-state index contributed by atoms with van der Waals surface area (Å²) < 4.78 is 11.1. The SMILES string of the molecule is Cc1ccc(CNc2nc(-c3ccco3)nc3c2CCNCC3)o1. The molecule has 3 aromatic rings. The Kier molecular flexibility index (Phi) is 4.04. The van der Waals surface area contributed by atoms with Crippen molar-refractivity contribution in [1.29, 1.82) is 0 Å². The maximum atomic E-state index is 5.64. The highest BCUT2D eigenvalue weighted by Crippen LogP contribution is 2.25. The van der Waals surface area contributed by atoms with Crippen LogP contribution in [-0.4, -0.2) is 23.1 Å². The van der Waals surface area contributed by atoms with Crippen LogP contribution in [0, 0.1) is 6.92 Å². The Morgan fingerprint density at radius 3 is 2.88 bits per heavy atom. The van der Waals surface area contributed by atoms with Crippen molar-refractivity contribution in [2.45, 2.75) is 26.3 Å². The predicted octanol–water partition coefficient (Wildman–Crippen LogP) is 2.94. The summed E-state index contributed by atoms with van der Waals surface area (Å²) >= 11 is 0. The molecule has 0 fully saturated rings. The van der Waals surface area contributed by atoms with E-state index >= 15 is 0 Å². The monoisotopic (exact) mass is 324 g/mol. The van der Waals surface area contributed by atoms with E-state index in [-0.39, 0.29) is 0 Å². The first-order valence-electron chi connectivity index (χ1n) is 8.23. The van der Waals surface area contributed by atoms with E-state index in [2.05, 4.69) is 10.6 Å². The van der Waals surface area contributed by atoms with Gasteiger partial charge in [-0.3, -0.25) is 0 Å². The topological polar surface area (TPSA) is 76.1 Å². The van der Waals surface area contributed by atoms with Crippen LogP contribution in [0.4, 0.5) is 5.82 Å². The van der Waals surface area contributed by atoms with Crippen molar-refractivity contribution >= 4 is 5.82 Å². The third kappa shape index (κ3) is 3.05. The number of aromatic nitrogens is 2. The number of hydrogen-bond acceptors (Lipinski definition) is 6. The van der Waals surface area contributed by atoms with E-state index in [1.54, 1.807) is 6.26 Å². The van der Waals surface area contributed by atoms with E-state index in [0.29, 0.717) is 18.1 Å². The van der Waals surface area contributed by atoms with E-state index in [0.717, 1.165) is 49.0 Å². The summed E-state index contributed by atoms with van der Waals surface area (Å²) in [6, 6.07) is 7.69. The van der Waals surface area contributed by atoms with Crippen molar-refractivity contribution < 1.29 is 8.83 Å². The maximum Gasteiger partial charge on any atom is 0.197 e. The Balaban J connectivity index is 1.68. The third-order valence-electron chi connectivity index (χ3n) is 4.15. The fourth-order valence-corrected chi connectivity index (χ4v) is 2.96. The molecule has 124 valence electrons. The van der Waals surface area contributed by atoms with Crippen LogP contribution in [0.2, 0.25) is 0 Å². The smallest absolute Gasteiger partial charge is 0.197 e. The molecule has 24 heavy (non-hydrogen) atoms. The molecule has 0 atom stereocenters. The van der Waals surface area contributed by atoms with Gasteiger partial charge in [-0.05, 0) is 44.2 Å². The normalized spacial score (nSPS) is 14.2. The van der Waals surface area contributed by atoms with Crippen molar-refractivity contribution in [3.8, 4) is 11.6 Å². The zero-order valence-corrected chi connectivity index (χ0v) is 13.6. The number of anilines is 1. The Morgan fingerprint density at radius 2 is 2.08 bits per heavy atom. The molecule has 6 heteroatoms. The van der Waals surface area contributed by atoms with Gasteiger partial charge in [0.05, 0.1) is 18.5 Å². The highest BCUT2D eigenvalue weighted by molar-refractivity contribution is 5.56. The van der Waals surface area contributed by atoms with Crippen molar-refractivity contribution in [2.75, 3.05) is 18.4 Å². The Hall–Kier alpha value is -2.60. The highest BCUT2D eigenvalue weighted by Gasteiger charge is 2.18. The van der Waals surface area contributed by atoms with E-state index in [4.69, 9.17) is 18.8 Å². The van der Waals surface area contributed by atoms with Crippen LogP contribution >= 0.6 is 0 Å². The largest absolute Gasteiger partial charge is 0.465 e. The van der Waals surface area contributed by atoms with Crippen molar-refractivity contribution in [2.24, 2.45) is 0 Å². The molecule has 0 radical (unpaired) electrons. The second-order valence-electron chi connectivity index (χ2n) is 5.91. The molecule has 0 spiro atoms. The summed E-state index contributed by atoms with van der Waals surface area (Å²) in [5, 5.41) is 6.83. The zero-order valence-electron chi connectivity index (χ0n) is 13.6. The minimum atomic E-state index is 0.600. The molecule has 4 rings (SSSR count). The van der Waals surface area contributed by atoms with Crippen molar-refractivity contribution in [3.05, 3.63) is 53.3 Å². The van der Waals surface area contributed by atoms with Gasteiger partial charge in [-0.1, -0.05) is 0 Å². The molecule has 4 heterocycles. The van der Waals surface area contributed by atoms with E-state index < -0.39 is 0 Å². The fraction of sp³-hybridized carbons (Fsp3) is 0.333. The first-order chi connectivity index (χ1) is 11.8. The Labute approximate surface area is 140 Å². The van der Waals surface area contributed by atoms with Crippen LogP contribution in [-0.2, 0) is 19.4 Å². The van der Waals surface area contributed by atoms with Crippen LogP contribution in [0.3, 0.4) is 0 Å². The molecular formula is C18H20N4O2. The van der Waals surface area contributed by atoms with Gasteiger partial charge in [-0.2, -0.15) is 0 Å². The van der Waals surface area contributed by atoms with E-state index in [1.807, 2.05) is 31.2 Å². The minimum Gasteiger partial charge on any atom is -0.465 e. The Morgan fingerprint density at radius 1 is 1.17 bits per heavy atom. The lowest BCUT2D eigenvalue weighted by atomic mass is 10.1. The van der Waals surface area contributed by atoms with Crippen molar-refractivity contribution in [1.82, 2.24) is 15.3 Å². The number of fused-ring (bicyclic) bond motifs is 1. The van der Waals surface area contributed by atoms with Crippen LogP contribution in [0.5, 0.6) is 0 Å². The molecule has 1 aliphatic rings. The summed E-state index contributed by atoms with van der Waals surface area (Å²) in [5.74, 6) is 3.98. The molecule has 0 unspecified atom stereocenters. The van der Waals surface area contributed by atoms with Gasteiger partial charge in [0.15, 0.2) is 11.6 Å². The van der Waals surface area contributed by atoms with Crippen LogP contribution < -0.4 is 10.6 Å². The molecule has 2 N–H and O–H groups in total. The zero-order chi connectivity index (χ0) is 16.4. The molecule has 0 amide bonds. The van der Waals surface area contributed by atoms with Crippen molar-refractivity contribution in [3.63, 3.8) is 0 Å². The molecule has 0 aromatic carbocycles. The number of aryl methyl sites for hydroxylation is 1. The van der Waals surface area contributed by atoms with Gasteiger partial charge in [-0.25, -0.2) is 9.97 Å². The molecule has 0 bridgehead atoms. The van der Waals surface area contributed by atoms with Gasteiger partial charge >= 0.3 is 0 Å². The number of nitrogens with one attached hydrogen (secondary N) is 2. The summed E-state index contributed by atoms with van der Waals surface area (Å²) in [6.07, 6.45) is 3.44. The molecule has 1 aliphatic heterocycles. The second kappa shape index (κ2) is 6.49. The highest BCUT2D eigenvalue weighted by atomic mass is 16.3. The molecule has 6 nitrogen and oxygen atoms in total. The van der Waals surface area contributed by atoms with Gasteiger partial charge in [-0.15, -0.1) is 0 Å². The van der Waals surface area contributed by atoms with E-state index in [9.17, 15) is 0 Å². The molecule has 0 aliphatic carbocycles. The summed E-state index contributed by atoms with van der Waals surface area (Å²) in [4.78, 5) is 9.43. The van der Waals surface area contributed by atoms with Crippen LogP contribution in [0.25, 0.3) is 11.6 Å². The van der Waals surface area contributed by atoms with Gasteiger partial charge in [0.25, 0.3) is 0 Å². The Bertz CT molecular complexity index is 824. The van der Waals surface area contributed by atoms with Gasteiger partial charge in [0.2, 0.25) is 0 Å². The molecular weight excluding hydrogens is 304 g/mol. The summed E-state index contributed by atoms with van der Waals surface area (Å²) in [5.41, 5.74) is 2.26. The molecule has 0 saturated heterocycles. The van der Waals surface area contributed by atoms with Gasteiger partial charge in [0.1, 0.15) is 17.3 Å². The molecule has 3 aromatic heterocycles. The number of nitrogens with zero attached hydrogens (tertiary/aromatic N) is 2. The first-order valence-corrected chi connectivity index (χ1v) is 8.23. The lowest BCUT2D eigenvalue weighted by Crippen LogP contribution is -2.16. The van der Waals surface area contributed by atoms with Gasteiger partial charge in [0, 0.05) is 18.5 Å². The third-order valence-corrected chi connectivity index (χ3v) is 4.15. The predicted molar refractivity (Wildman–Crippen MR) is 90.8 cm³/mol. The van der Waals surface area contributed by atoms with Crippen LogP contribution in [0.1, 0.15) is 22.8 Å². The average molecular weight is 324 g/mol. The first kappa shape index (κ1) is 15.0.